The second-order valence-corrected chi connectivity index (χ2v) is 7.34. The first kappa shape index (κ1) is 14.3. The highest BCUT2D eigenvalue weighted by Crippen LogP contribution is 2.46. The third-order valence-corrected chi connectivity index (χ3v) is 6.08. The Morgan fingerprint density at radius 2 is 2.13 bits per heavy atom. The van der Waals surface area contributed by atoms with Gasteiger partial charge in [-0.3, -0.25) is 0 Å². The normalized spacial score (nSPS) is 21.5. The summed E-state index contributed by atoms with van der Waals surface area (Å²) in [5, 5.41) is 12.7. The average Bonchev–Trinajstić information content (AvgIpc) is 3.32. The van der Waals surface area contributed by atoms with Crippen molar-refractivity contribution in [2.24, 2.45) is 11.7 Å². The summed E-state index contributed by atoms with van der Waals surface area (Å²) in [6.45, 7) is 2.12. The van der Waals surface area contributed by atoms with E-state index in [-0.39, 0.29) is 5.92 Å². The van der Waals surface area contributed by atoms with Gasteiger partial charge in [-0.15, -0.1) is 11.3 Å². The quantitative estimate of drug-likeness (QED) is 0.898. The van der Waals surface area contributed by atoms with Crippen LogP contribution in [-0.2, 0) is 0 Å². The number of allylic oxidation sites excluding steroid dienone is 3. The van der Waals surface area contributed by atoms with E-state index in [0.29, 0.717) is 5.92 Å². The Labute approximate surface area is 140 Å². The summed E-state index contributed by atoms with van der Waals surface area (Å²) in [6, 6.07) is 8.28. The predicted octanol–water partition coefficient (Wildman–Crippen LogP) is 4.29. The molecular weight excluding hydrogens is 302 g/mol. The van der Waals surface area contributed by atoms with Crippen molar-refractivity contribution in [2.45, 2.75) is 25.7 Å². The first-order chi connectivity index (χ1) is 11.1. The SMILES string of the molecule is CC1=C(N)N(C)C(C2CC2)=CC1c1csc2c(C#N)cccc12. The molecule has 2 N–H and O–H groups in total. The molecule has 1 saturated carbocycles. The van der Waals surface area contributed by atoms with Gasteiger partial charge in [0.2, 0.25) is 0 Å². The number of hydrogen-bond acceptors (Lipinski definition) is 4. The Morgan fingerprint density at radius 1 is 1.35 bits per heavy atom. The number of nitrogens with zero attached hydrogens (tertiary/aromatic N) is 2. The molecule has 0 radical (unpaired) electrons. The largest absolute Gasteiger partial charge is 0.385 e. The highest BCUT2D eigenvalue weighted by atomic mass is 32.1. The molecular formula is C19H19N3S. The van der Waals surface area contributed by atoms with Crippen LogP contribution in [0.2, 0.25) is 0 Å². The van der Waals surface area contributed by atoms with Crippen molar-refractivity contribution >= 4 is 21.4 Å². The van der Waals surface area contributed by atoms with Crippen LogP contribution < -0.4 is 5.73 Å². The first-order valence-corrected chi connectivity index (χ1v) is 8.81. The highest BCUT2D eigenvalue weighted by molar-refractivity contribution is 7.17. The molecule has 2 aromatic rings. The maximum Gasteiger partial charge on any atom is 0.102 e. The van der Waals surface area contributed by atoms with E-state index in [9.17, 15) is 5.26 Å². The molecule has 1 aliphatic heterocycles. The van der Waals surface area contributed by atoms with Crippen LogP contribution in [0.15, 0.2) is 46.7 Å². The molecule has 2 heterocycles. The number of nitrogens with two attached hydrogens (primary N) is 1. The molecule has 4 heteroatoms. The van der Waals surface area contributed by atoms with Gasteiger partial charge in [0.15, 0.2) is 0 Å². The van der Waals surface area contributed by atoms with Gasteiger partial charge >= 0.3 is 0 Å². The molecule has 0 saturated heterocycles. The number of rotatable bonds is 2. The topological polar surface area (TPSA) is 53.0 Å². The van der Waals surface area contributed by atoms with Crippen LogP contribution in [0, 0.1) is 17.2 Å². The summed E-state index contributed by atoms with van der Waals surface area (Å²) in [4.78, 5) is 2.15. The van der Waals surface area contributed by atoms with E-state index in [0.717, 1.165) is 16.1 Å². The van der Waals surface area contributed by atoms with Gasteiger partial charge < -0.3 is 10.6 Å². The number of fused-ring (bicyclic) bond motifs is 1. The smallest absolute Gasteiger partial charge is 0.102 e. The van der Waals surface area contributed by atoms with Gasteiger partial charge in [0.1, 0.15) is 11.9 Å². The Balaban J connectivity index is 1.88. The van der Waals surface area contributed by atoms with Crippen LogP contribution in [0.3, 0.4) is 0 Å². The van der Waals surface area contributed by atoms with Crippen LogP contribution in [0.25, 0.3) is 10.1 Å². The minimum absolute atomic E-state index is 0.212. The first-order valence-electron chi connectivity index (χ1n) is 7.93. The molecule has 3 nitrogen and oxygen atoms in total. The summed E-state index contributed by atoms with van der Waals surface area (Å²) >= 11 is 1.66. The lowest BCUT2D eigenvalue weighted by molar-refractivity contribution is 0.454. The van der Waals surface area contributed by atoms with Gasteiger partial charge in [0.05, 0.1) is 10.3 Å². The summed E-state index contributed by atoms with van der Waals surface area (Å²) < 4.78 is 1.08. The van der Waals surface area contributed by atoms with Crippen molar-refractivity contribution in [2.75, 3.05) is 7.05 Å². The van der Waals surface area contributed by atoms with E-state index in [1.807, 2.05) is 12.1 Å². The fourth-order valence-corrected chi connectivity index (χ4v) is 4.56. The van der Waals surface area contributed by atoms with Gasteiger partial charge in [-0.1, -0.05) is 18.2 Å². The summed E-state index contributed by atoms with van der Waals surface area (Å²) in [7, 11) is 2.07. The molecule has 4 rings (SSSR count). The van der Waals surface area contributed by atoms with E-state index in [1.54, 1.807) is 11.3 Å². The van der Waals surface area contributed by atoms with Gasteiger partial charge in [0.25, 0.3) is 0 Å². The molecule has 1 aliphatic carbocycles. The fourth-order valence-electron chi connectivity index (χ4n) is 3.49. The van der Waals surface area contributed by atoms with Crippen LogP contribution in [-0.4, -0.2) is 11.9 Å². The van der Waals surface area contributed by atoms with Crippen LogP contribution in [0.4, 0.5) is 0 Å². The lowest BCUT2D eigenvalue weighted by Gasteiger charge is -2.32. The van der Waals surface area contributed by atoms with Crippen molar-refractivity contribution in [3.8, 4) is 6.07 Å². The maximum atomic E-state index is 9.32. The number of benzene rings is 1. The van der Waals surface area contributed by atoms with E-state index in [1.165, 1.54) is 35.1 Å². The Hall–Kier alpha value is -2.25. The van der Waals surface area contributed by atoms with Crippen molar-refractivity contribution in [1.82, 2.24) is 4.90 Å². The third-order valence-electron chi connectivity index (χ3n) is 5.04. The molecule has 1 unspecified atom stereocenters. The van der Waals surface area contributed by atoms with Crippen LogP contribution >= 0.6 is 11.3 Å². The van der Waals surface area contributed by atoms with E-state index in [4.69, 9.17) is 5.73 Å². The number of thiophene rings is 1. The summed E-state index contributed by atoms with van der Waals surface area (Å²) in [5.74, 6) is 1.74. The Bertz CT molecular complexity index is 893. The second-order valence-electron chi connectivity index (χ2n) is 6.46. The molecule has 1 aromatic heterocycles. The Kier molecular flexibility index (Phi) is 3.21. The van der Waals surface area contributed by atoms with E-state index >= 15 is 0 Å². The molecule has 0 bridgehead atoms. The van der Waals surface area contributed by atoms with Gasteiger partial charge in [-0.05, 0) is 53.7 Å². The molecule has 0 amide bonds. The third kappa shape index (κ3) is 2.15. The minimum Gasteiger partial charge on any atom is -0.385 e. The second kappa shape index (κ2) is 5.14. The van der Waals surface area contributed by atoms with E-state index < -0.39 is 0 Å². The van der Waals surface area contributed by atoms with Gasteiger partial charge in [-0.2, -0.15) is 5.26 Å². The molecule has 1 atom stereocenters. The lowest BCUT2D eigenvalue weighted by Crippen LogP contribution is -2.30. The van der Waals surface area contributed by atoms with Crippen molar-refractivity contribution in [3.05, 3.63) is 57.9 Å². The zero-order chi connectivity index (χ0) is 16.1. The van der Waals surface area contributed by atoms with Crippen molar-refractivity contribution in [1.29, 1.82) is 5.26 Å². The fraction of sp³-hybridized carbons (Fsp3) is 0.316. The Morgan fingerprint density at radius 3 is 2.83 bits per heavy atom. The molecule has 116 valence electrons. The van der Waals surface area contributed by atoms with Crippen molar-refractivity contribution in [3.63, 3.8) is 0 Å². The zero-order valence-electron chi connectivity index (χ0n) is 13.3. The number of nitriles is 1. The number of hydrogen-bond donors (Lipinski definition) is 1. The van der Waals surface area contributed by atoms with E-state index in [2.05, 4.69) is 42.5 Å². The molecule has 2 aliphatic rings. The average molecular weight is 321 g/mol. The highest BCUT2D eigenvalue weighted by Gasteiger charge is 2.34. The monoisotopic (exact) mass is 321 g/mol. The van der Waals surface area contributed by atoms with Crippen LogP contribution in [0.1, 0.15) is 36.8 Å². The zero-order valence-corrected chi connectivity index (χ0v) is 14.2. The predicted molar refractivity (Wildman–Crippen MR) is 94.7 cm³/mol. The molecule has 1 aromatic carbocycles. The maximum absolute atomic E-state index is 9.32. The minimum atomic E-state index is 0.212. The standard InChI is InChI=1S/C19H19N3S/c1-11-15(8-17(12-6-7-12)22(2)19(11)21)16-10-23-18-13(9-20)4-3-5-14(16)18/h3-5,8,10,12,15H,6-7,21H2,1-2H3. The lowest BCUT2D eigenvalue weighted by atomic mass is 9.87. The summed E-state index contributed by atoms with van der Waals surface area (Å²) in [6.07, 6.45) is 4.90. The molecule has 0 spiro atoms. The molecule has 23 heavy (non-hydrogen) atoms. The molecule has 1 fully saturated rings. The van der Waals surface area contributed by atoms with Crippen LogP contribution in [0.5, 0.6) is 0 Å². The summed E-state index contributed by atoms with van der Waals surface area (Å²) in [5.41, 5.74) is 11.0. The van der Waals surface area contributed by atoms with Crippen molar-refractivity contribution < 1.29 is 0 Å². The van der Waals surface area contributed by atoms with Gasteiger partial charge in [0, 0.05) is 18.7 Å². The van der Waals surface area contributed by atoms with Gasteiger partial charge in [-0.25, -0.2) is 0 Å².